The van der Waals surface area contributed by atoms with Gasteiger partial charge in [0.2, 0.25) is 0 Å². The van der Waals surface area contributed by atoms with Gasteiger partial charge in [0.15, 0.2) is 46.0 Å². The van der Waals surface area contributed by atoms with E-state index in [-0.39, 0.29) is 117 Å². The molecule has 4 aromatic carbocycles. The van der Waals surface area contributed by atoms with E-state index in [1.165, 1.54) is 59.8 Å². The lowest BCUT2D eigenvalue weighted by Gasteiger charge is -2.47. The molecule has 8 heterocycles. The Balaban J connectivity index is 0.000000263. The minimum atomic E-state index is -3.94. The normalized spacial score (nSPS) is 42.5. The number of carbonyl (C=O) groups is 4. The van der Waals surface area contributed by atoms with Crippen molar-refractivity contribution in [1.82, 2.24) is 19.6 Å². The molecule has 24 heteroatoms. The second-order valence-corrected chi connectivity index (χ2v) is 30.8. The number of ether oxygens (including phenoxy) is 12. The van der Waals surface area contributed by atoms with Crippen molar-refractivity contribution < 1.29 is 160 Å². The molecular formula is C96H152N8O16. The minimum Gasteiger partial charge on any atom is -0.493 e. The fourth-order valence-corrected chi connectivity index (χ4v) is 14.9. The molecular weight excluding hydrogens is 1520 g/mol. The van der Waals surface area contributed by atoms with Gasteiger partial charge in [0.25, 0.3) is 0 Å². The highest BCUT2D eigenvalue weighted by atomic mass is 16.6. The first-order valence-corrected chi connectivity index (χ1v) is 38.4. The van der Waals surface area contributed by atoms with Crippen molar-refractivity contribution in [3.8, 4) is 46.0 Å². The molecule has 12 unspecified atom stereocenters. The Morgan fingerprint density at radius 2 is 0.583 bits per heavy atom. The van der Waals surface area contributed by atoms with Crippen LogP contribution in [0.5, 0.6) is 46.0 Å². The van der Waals surface area contributed by atoms with E-state index in [0.29, 0.717) is 0 Å². The summed E-state index contributed by atoms with van der Waals surface area (Å²) in [6.45, 7) is -30.0. The lowest BCUT2D eigenvalue weighted by molar-refractivity contribution is -0.161. The zero-order valence-corrected chi connectivity index (χ0v) is 69.4. The smallest absolute Gasteiger partial charge is 0.323 e. The van der Waals surface area contributed by atoms with E-state index >= 15 is 0 Å². The number of nitrogens with two attached hydrogens (primary N) is 4. The number of nitrogens with zero attached hydrogens (tertiary/aromatic N) is 4. The Labute approximate surface area is 804 Å². The zero-order valence-electron chi connectivity index (χ0n) is 130. The molecule has 120 heavy (non-hydrogen) atoms. The molecule has 0 saturated carbocycles. The number of esters is 4. The topological polar surface area (TPSA) is 296 Å². The maximum Gasteiger partial charge on any atom is 0.323 e. The van der Waals surface area contributed by atoms with Gasteiger partial charge in [-0.25, -0.2) is 0 Å². The quantitative estimate of drug-likeness (QED) is 0.0303. The Morgan fingerprint density at radius 3 is 0.825 bits per heavy atom. The van der Waals surface area contributed by atoms with Gasteiger partial charge >= 0.3 is 23.9 Å². The predicted octanol–water partition coefficient (Wildman–Crippen LogP) is 14.3. The first-order valence-electron chi connectivity index (χ1n) is 68.9. The third-order valence-electron chi connectivity index (χ3n) is 20.6. The van der Waals surface area contributed by atoms with E-state index in [9.17, 15) is 28.8 Å². The van der Waals surface area contributed by atoms with E-state index in [2.05, 4.69) is 0 Å². The summed E-state index contributed by atoms with van der Waals surface area (Å²) in [5.74, 6) is -30.0. The summed E-state index contributed by atoms with van der Waals surface area (Å²) >= 11 is 0. The summed E-state index contributed by atoms with van der Waals surface area (Å²) in [6, 6.07) is -15.4. The number of carbonyl (C=O) groups excluding carboxylic acids is 4. The number of rotatable bonds is 28. The van der Waals surface area contributed by atoms with Crippen molar-refractivity contribution in [1.29, 1.82) is 0 Å². The highest BCUT2D eigenvalue weighted by Gasteiger charge is 2.47. The average molecular weight is 1740 g/mol. The number of fused-ring (bicyclic) bond motifs is 12. The summed E-state index contributed by atoms with van der Waals surface area (Å²) < 4.78 is 567. The van der Waals surface area contributed by atoms with Crippen molar-refractivity contribution in [2.75, 3.05) is 109 Å². The summed E-state index contributed by atoms with van der Waals surface area (Å²) in [7, 11) is 1.43. The van der Waals surface area contributed by atoms with Crippen LogP contribution in [0.15, 0.2) is 48.5 Å². The molecule has 8 aliphatic rings. The third kappa shape index (κ3) is 23.8. The molecule has 0 amide bonds. The Bertz CT molecular complexity index is 6610. The molecule has 24 nitrogen and oxygen atoms in total. The number of piperidine rings is 4. The molecule has 4 aromatic rings. The number of methoxy groups -OCH3 is 8. The molecule has 0 bridgehead atoms. The van der Waals surface area contributed by atoms with E-state index < -0.39 is 338 Å². The second-order valence-electron chi connectivity index (χ2n) is 30.8. The monoisotopic (exact) mass is 1730 g/mol. The van der Waals surface area contributed by atoms with Crippen LogP contribution in [0.4, 0.5) is 0 Å². The maximum atomic E-state index is 13.6. The molecule has 0 aliphatic carbocycles. The van der Waals surface area contributed by atoms with Crippen molar-refractivity contribution in [2.24, 2.45) is 93.9 Å². The van der Waals surface area contributed by atoms with Gasteiger partial charge in [0.05, 0.1) is 80.0 Å². The predicted molar refractivity (Wildman–Crippen MR) is 471 cm³/mol. The Morgan fingerprint density at radius 1 is 0.358 bits per heavy atom. The summed E-state index contributed by atoms with van der Waals surface area (Å²) in [5, 5.41) is 0. The molecule has 0 radical (unpaired) electrons. The first-order chi connectivity index (χ1) is 80.3. The van der Waals surface area contributed by atoms with Gasteiger partial charge in [-0.2, -0.15) is 0 Å². The summed E-state index contributed by atoms with van der Waals surface area (Å²) in [4.78, 5) is 57.7. The van der Waals surface area contributed by atoms with Gasteiger partial charge in [-0.1, -0.05) is 110 Å². The lowest BCUT2D eigenvalue weighted by atomic mass is 9.79. The van der Waals surface area contributed by atoms with Crippen LogP contribution in [0, 0.1) is 70.9 Å². The molecule has 0 aromatic heterocycles. The number of benzene rings is 4. The van der Waals surface area contributed by atoms with Crippen LogP contribution in [0.3, 0.4) is 0 Å². The van der Waals surface area contributed by atoms with Crippen LogP contribution in [0.1, 0.15) is 314 Å². The molecule has 0 spiro atoms. The molecule has 672 valence electrons. The van der Waals surface area contributed by atoms with Gasteiger partial charge in [-0.3, -0.25) is 38.8 Å². The van der Waals surface area contributed by atoms with E-state index in [1.54, 1.807) is 55.4 Å². The minimum absolute atomic E-state index is 0.00981. The SMILES string of the molecule is [2H]C([2H])([2H])Oc1cc2c(cc1OC)C1([2H])CC(OC(=O)[C@@]([2H])(N)C([2H])(C([2H])([2H])[2H])C([2H])([2H])[2H])C(CC(C)C)CN1C([2H])([2H])C2([2H])[2H].[2H]C([2H])([2H])Oc1cc2c(cc1OC)C1([2H])CC([2H])(OC(=O)[C@@]([2H])(N)C([2H])(C([2H])([2H])[2H])C([2H])([2H])[2H])C(CC(C)C)CN1C([2H])([2H])C2([2H])[2H].[2H]C1(OC(=O)[C@@]([2H])(N)C([2H])(C([2H])([2H])[2H])C([2H])([2H])[2H])CC2([2H])c3cc(OC)c(OC)cc3C([2H])([2H])C([2H])([2H])N2CC1CC(C)C.[2H]C1(OC(=O)[C@@]([2H])(N)C([2H])(C([2H])([2H])[2H])C([2H])([2H])[2H])CC2([2H])c3cc(OC)c(OC)cc3C([2H])([2H])C([2H])([2H])N2CC1CC(C)C. The second kappa shape index (κ2) is 43.9. The average Bonchev–Trinajstić information content (AvgIpc) is 0.681. The summed E-state index contributed by atoms with van der Waals surface area (Å²) in [5.41, 5.74) is 20.6. The number of aryl methyl sites for hydroxylation is 4. The van der Waals surface area contributed by atoms with Crippen molar-refractivity contribution >= 4 is 23.9 Å². The van der Waals surface area contributed by atoms with Gasteiger partial charge in [-0.05, 0) is 191 Å². The van der Waals surface area contributed by atoms with Gasteiger partial charge in [0.1, 0.15) is 48.4 Å². The number of hydrogen-bond donors (Lipinski definition) is 4. The van der Waals surface area contributed by atoms with Crippen LogP contribution in [-0.4, -0.2) is 201 Å². The van der Waals surface area contributed by atoms with Crippen molar-refractivity contribution in [3.05, 3.63) is 93.0 Å². The standard InChI is InChI=1S/4C24H38N2O4/c4*1-14(2)9-17-13-26-8-7-16-10-21(28-5)22(29-6)11-18(16)19(26)12-20(17)30-24(27)23(25)15(3)4/h4*10-11,14-15,17,19-20,23H,7-9,12-13,25H2,1-6H3/t4*17?,19?,20?,23-/m0000/s1/i3D3,4D3,5D3,7D2,8D2,15D,19D,20D,23D;2*3D3,4D3,7D2,8D2,15D,19D,20D,23D;3D3,4D3,5D3,7D2,8D2,15D,19D,23D. The maximum absolute atomic E-state index is 13.6. The zero-order chi connectivity index (χ0) is 141. The van der Waals surface area contributed by atoms with Gasteiger partial charge in [-0.15, -0.1) is 0 Å². The fourth-order valence-electron chi connectivity index (χ4n) is 14.9. The largest absolute Gasteiger partial charge is 0.493 e. The Kier molecular flexibility index (Phi) is 15.6. The van der Waals surface area contributed by atoms with Crippen LogP contribution < -0.4 is 60.8 Å². The first kappa shape index (κ1) is 42.7. The van der Waals surface area contributed by atoms with Crippen LogP contribution >= 0.6 is 0 Å². The van der Waals surface area contributed by atoms with Crippen LogP contribution in [0.25, 0.3) is 0 Å². The molecule has 4 saturated heterocycles. The van der Waals surface area contributed by atoms with Crippen molar-refractivity contribution in [2.45, 2.75) is 260 Å². The molecule has 8 aliphatic heterocycles. The molecule has 12 rings (SSSR count). The van der Waals surface area contributed by atoms with Crippen LogP contribution in [-0.2, 0) is 63.6 Å². The van der Waals surface area contributed by atoms with Gasteiger partial charge in [0, 0.05) is 186 Å². The van der Waals surface area contributed by atoms with E-state index in [1.807, 2.05) is 0 Å². The molecule has 8 N–H and O–H groups in total. The summed E-state index contributed by atoms with van der Waals surface area (Å²) in [6.07, 6.45) is -23.4. The highest BCUT2D eigenvalue weighted by molar-refractivity contribution is 5.77. The Hall–Kier alpha value is -7.16. The molecule has 16 atom stereocenters. The fraction of sp³-hybridized carbons (Fsp3) is 0.708. The highest BCUT2D eigenvalue weighted by Crippen LogP contribution is 2.50. The van der Waals surface area contributed by atoms with Gasteiger partial charge < -0.3 is 79.8 Å². The molecule has 4 fully saturated rings. The van der Waals surface area contributed by atoms with E-state index in [4.69, 9.17) is 154 Å². The third-order valence-corrected chi connectivity index (χ3v) is 20.6. The lowest BCUT2D eigenvalue weighted by Crippen LogP contribution is -2.51. The van der Waals surface area contributed by atoms with Crippen LogP contribution in [0.2, 0.25) is 0 Å². The van der Waals surface area contributed by atoms with Crippen molar-refractivity contribution in [3.63, 3.8) is 0 Å². The number of hydrogen-bond acceptors (Lipinski definition) is 24. The van der Waals surface area contributed by atoms with E-state index in [0.717, 1.165) is 51.0 Å².